The van der Waals surface area contributed by atoms with Gasteiger partial charge in [-0.1, -0.05) is 0 Å². The summed E-state index contributed by atoms with van der Waals surface area (Å²) in [6.45, 7) is 3.47. The molecule has 2 heterocycles. The second kappa shape index (κ2) is 5.92. The van der Waals surface area contributed by atoms with Gasteiger partial charge in [-0.15, -0.1) is 0 Å². The number of nitriles is 1. The first kappa shape index (κ1) is 16.8. The third kappa shape index (κ3) is 3.61. The molecule has 122 valence electrons. The summed E-state index contributed by atoms with van der Waals surface area (Å²) in [5.74, 6) is -3.26. The number of rotatable bonds is 3. The molecule has 0 aliphatic carbocycles. The molecule has 0 aromatic carbocycles. The average Bonchev–Trinajstić information content (AvgIpc) is 3.01. The Balaban J connectivity index is 2.14. The second-order valence-electron chi connectivity index (χ2n) is 6.49. The van der Waals surface area contributed by atoms with E-state index in [9.17, 15) is 23.2 Å². The van der Waals surface area contributed by atoms with Crippen LogP contribution in [0.25, 0.3) is 0 Å². The maximum absolute atomic E-state index is 13.3. The lowest BCUT2D eigenvalue weighted by Gasteiger charge is -2.33. The Kier molecular flexibility index (Phi) is 4.52. The molecular formula is C15H20F3N3O. The molecule has 2 fully saturated rings. The van der Waals surface area contributed by atoms with Crippen LogP contribution in [0.5, 0.6) is 0 Å². The first-order valence-electron chi connectivity index (χ1n) is 7.34. The number of hydrogen-bond donors (Lipinski definition) is 0. The van der Waals surface area contributed by atoms with Gasteiger partial charge in [-0.3, -0.25) is 9.69 Å². The summed E-state index contributed by atoms with van der Waals surface area (Å²) in [5, 5.41) is 9.21. The molecule has 0 bridgehead atoms. The molecule has 0 aromatic heterocycles. The van der Waals surface area contributed by atoms with Gasteiger partial charge in [0.25, 0.3) is 11.8 Å². The van der Waals surface area contributed by atoms with Crippen LogP contribution in [0.2, 0.25) is 0 Å². The minimum Gasteiger partial charge on any atom is -0.335 e. The lowest BCUT2D eigenvalue weighted by atomic mass is 9.99. The van der Waals surface area contributed by atoms with E-state index in [1.807, 2.05) is 6.07 Å². The van der Waals surface area contributed by atoms with Crippen molar-refractivity contribution < 1.29 is 18.0 Å². The Bertz CT molecular complexity index is 525. The quantitative estimate of drug-likeness (QED) is 0.592. The van der Waals surface area contributed by atoms with Gasteiger partial charge >= 0.3 is 0 Å². The Hall–Kier alpha value is -1.55. The van der Waals surface area contributed by atoms with E-state index < -0.39 is 23.5 Å². The molecule has 2 rings (SSSR count). The van der Waals surface area contributed by atoms with Gasteiger partial charge in [-0.25, -0.2) is 13.2 Å². The van der Waals surface area contributed by atoms with E-state index in [2.05, 4.69) is 0 Å². The lowest BCUT2D eigenvalue weighted by Crippen LogP contribution is -2.43. The summed E-state index contributed by atoms with van der Waals surface area (Å²) in [5.41, 5.74) is -0.954. The van der Waals surface area contributed by atoms with Gasteiger partial charge in [-0.2, -0.15) is 5.26 Å². The Morgan fingerprint density at radius 3 is 2.55 bits per heavy atom. The molecule has 4 nitrogen and oxygen atoms in total. The Labute approximate surface area is 128 Å². The van der Waals surface area contributed by atoms with Crippen LogP contribution in [0, 0.1) is 11.3 Å². The monoisotopic (exact) mass is 315 g/mol. The normalized spacial score (nSPS) is 26.3. The zero-order valence-corrected chi connectivity index (χ0v) is 12.8. The maximum atomic E-state index is 13.3. The predicted molar refractivity (Wildman–Crippen MR) is 75.0 cm³/mol. The number of nitrogens with zero attached hydrogens (tertiary/aromatic N) is 3. The predicted octanol–water partition coefficient (Wildman–Crippen LogP) is 2.13. The van der Waals surface area contributed by atoms with Crippen molar-refractivity contribution in [3.63, 3.8) is 0 Å². The molecule has 22 heavy (non-hydrogen) atoms. The smallest absolute Gasteiger partial charge is 0.264 e. The summed E-state index contributed by atoms with van der Waals surface area (Å²) < 4.78 is 39.9. The zero-order valence-electron chi connectivity index (χ0n) is 12.8. The fraction of sp³-hybridized carbons (Fsp3) is 0.733. The van der Waals surface area contributed by atoms with Gasteiger partial charge in [0.05, 0.1) is 13.1 Å². The highest BCUT2D eigenvalue weighted by molar-refractivity contribution is 5.97. The molecule has 2 saturated heterocycles. The van der Waals surface area contributed by atoms with Crippen molar-refractivity contribution in [2.45, 2.75) is 44.3 Å². The first-order valence-corrected chi connectivity index (χ1v) is 7.34. The molecule has 0 N–H and O–H groups in total. The molecular weight excluding hydrogens is 295 g/mol. The van der Waals surface area contributed by atoms with Gasteiger partial charge in [0, 0.05) is 25.0 Å². The van der Waals surface area contributed by atoms with Gasteiger partial charge < -0.3 is 4.90 Å². The van der Waals surface area contributed by atoms with E-state index in [0.29, 0.717) is 0 Å². The lowest BCUT2D eigenvalue weighted by molar-refractivity contribution is -0.125. The number of carbonyl (C=O) groups excluding carboxylic acids is 1. The van der Waals surface area contributed by atoms with Gasteiger partial charge in [0.15, 0.2) is 0 Å². The summed E-state index contributed by atoms with van der Waals surface area (Å²) in [7, 11) is 0. The number of amides is 1. The van der Waals surface area contributed by atoms with Crippen molar-refractivity contribution in [3.8, 4) is 6.07 Å². The zero-order chi connectivity index (χ0) is 16.5. The van der Waals surface area contributed by atoms with Crippen molar-refractivity contribution in [2.24, 2.45) is 0 Å². The van der Waals surface area contributed by atoms with E-state index in [1.54, 1.807) is 18.7 Å². The van der Waals surface area contributed by atoms with Crippen LogP contribution in [-0.4, -0.2) is 59.5 Å². The number of halogens is 3. The molecule has 0 radical (unpaired) electrons. The van der Waals surface area contributed by atoms with Crippen LogP contribution in [0.15, 0.2) is 11.6 Å². The highest BCUT2D eigenvalue weighted by Crippen LogP contribution is 2.33. The van der Waals surface area contributed by atoms with Gasteiger partial charge in [-0.05, 0) is 26.3 Å². The fourth-order valence-corrected chi connectivity index (χ4v) is 2.89. The van der Waals surface area contributed by atoms with Crippen molar-refractivity contribution >= 4 is 5.91 Å². The summed E-state index contributed by atoms with van der Waals surface area (Å²) in [6.07, 6.45) is 0.402. The summed E-state index contributed by atoms with van der Waals surface area (Å²) in [6, 6.07) is 1.83. The molecule has 1 atom stereocenters. The van der Waals surface area contributed by atoms with Crippen LogP contribution in [0.3, 0.4) is 0 Å². The van der Waals surface area contributed by atoms with Crippen molar-refractivity contribution in [3.05, 3.63) is 11.6 Å². The minimum atomic E-state index is -2.74. The van der Waals surface area contributed by atoms with E-state index in [-0.39, 0.29) is 44.6 Å². The minimum absolute atomic E-state index is 0.0138. The molecule has 2 aliphatic heterocycles. The highest BCUT2D eigenvalue weighted by Gasteiger charge is 2.43. The molecule has 1 unspecified atom stereocenters. The van der Waals surface area contributed by atoms with Crippen LogP contribution in [0.4, 0.5) is 13.2 Å². The second-order valence-corrected chi connectivity index (χ2v) is 6.49. The van der Waals surface area contributed by atoms with E-state index in [0.717, 1.165) is 0 Å². The molecule has 0 saturated carbocycles. The third-order valence-corrected chi connectivity index (χ3v) is 4.25. The van der Waals surface area contributed by atoms with Crippen LogP contribution < -0.4 is 0 Å². The van der Waals surface area contributed by atoms with Crippen LogP contribution >= 0.6 is 0 Å². The third-order valence-electron chi connectivity index (χ3n) is 4.25. The first-order chi connectivity index (χ1) is 10.1. The van der Waals surface area contributed by atoms with Crippen LogP contribution in [-0.2, 0) is 4.79 Å². The SMILES string of the molecule is CC(C)(C=C(C#N)C(=O)N1CCC(F)C1)N1CCC(F)(F)C1. The molecule has 0 spiro atoms. The van der Waals surface area contributed by atoms with E-state index >= 15 is 0 Å². The summed E-state index contributed by atoms with van der Waals surface area (Å²) >= 11 is 0. The number of carbonyl (C=O) groups is 1. The fourth-order valence-electron chi connectivity index (χ4n) is 2.89. The van der Waals surface area contributed by atoms with E-state index in [4.69, 9.17) is 0 Å². The average molecular weight is 315 g/mol. The van der Waals surface area contributed by atoms with Gasteiger partial charge in [0.1, 0.15) is 17.8 Å². The number of likely N-dealkylation sites (tertiary alicyclic amines) is 2. The van der Waals surface area contributed by atoms with E-state index in [1.165, 1.54) is 11.0 Å². The van der Waals surface area contributed by atoms with Crippen molar-refractivity contribution in [1.29, 1.82) is 5.26 Å². The molecule has 2 aliphatic rings. The van der Waals surface area contributed by atoms with Crippen molar-refractivity contribution in [2.75, 3.05) is 26.2 Å². The highest BCUT2D eigenvalue weighted by atomic mass is 19.3. The number of hydrogen-bond acceptors (Lipinski definition) is 3. The maximum Gasteiger partial charge on any atom is 0.264 e. The number of alkyl halides is 3. The largest absolute Gasteiger partial charge is 0.335 e. The standard InChI is InChI=1S/C15H20F3N3O/c1-14(2,21-6-4-15(17,18)10-21)7-11(8-19)13(22)20-5-3-12(16)9-20/h7,12H,3-6,9-10H2,1-2H3. The molecule has 7 heteroatoms. The Morgan fingerprint density at radius 1 is 1.41 bits per heavy atom. The molecule has 1 amide bonds. The topological polar surface area (TPSA) is 47.3 Å². The summed E-state index contributed by atoms with van der Waals surface area (Å²) in [4.78, 5) is 15.1. The Morgan fingerprint density at radius 2 is 2.09 bits per heavy atom. The van der Waals surface area contributed by atoms with Crippen LogP contribution in [0.1, 0.15) is 26.7 Å². The van der Waals surface area contributed by atoms with Crippen molar-refractivity contribution in [1.82, 2.24) is 9.80 Å². The molecule has 0 aromatic rings. The van der Waals surface area contributed by atoms with Gasteiger partial charge in [0.2, 0.25) is 0 Å².